The normalized spacial score (nSPS) is 19.4. The fraction of sp³-hybridized carbons (Fsp3) is 0.519. The van der Waals surface area contributed by atoms with E-state index in [0.29, 0.717) is 37.6 Å². The summed E-state index contributed by atoms with van der Waals surface area (Å²) in [5.74, 6) is 0.677. The van der Waals surface area contributed by atoms with Gasteiger partial charge in [-0.15, -0.1) is 0 Å². The Morgan fingerprint density at radius 3 is 2.58 bits per heavy atom. The van der Waals surface area contributed by atoms with Crippen molar-refractivity contribution in [1.29, 1.82) is 5.26 Å². The molecule has 0 saturated carbocycles. The van der Waals surface area contributed by atoms with Crippen LogP contribution in [-0.4, -0.2) is 69.3 Å². The summed E-state index contributed by atoms with van der Waals surface area (Å²) in [6.45, 7) is 9.13. The lowest BCUT2D eigenvalue weighted by molar-refractivity contribution is 0.0220. The fourth-order valence-corrected chi connectivity index (χ4v) is 4.92. The van der Waals surface area contributed by atoms with E-state index in [1.54, 1.807) is 9.80 Å². The molecule has 2 amide bonds. The Balaban J connectivity index is 1.52. The first-order valence-electron chi connectivity index (χ1n) is 12.7. The van der Waals surface area contributed by atoms with Crippen molar-refractivity contribution >= 4 is 29.6 Å². The van der Waals surface area contributed by atoms with E-state index in [9.17, 15) is 14.9 Å². The van der Waals surface area contributed by atoms with Gasteiger partial charge in [-0.3, -0.25) is 0 Å². The van der Waals surface area contributed by atoms with E-state index in [1.165, 1.54) is 0 Å². The van der Waals surface area contributed by atoms with Crippen LogP contribution in [0.25, 0.3) is 0 Å². The summed E-state index contributed by atoms with van der Waals surface area (Å²) in [6, 6.07) is 11.2. The average Bonchev–Trinajstić information content (AvgIpc) is 2.87. The Hall–Kier alpha value is -3.58. The second-order valence-corrected chi connectivity index (χ2v) is 10.9. The van der Waals surface area contributed by atoms with E-state index < -0.39 is 17.8 Å². The van der Waals surface area contributed by atoms with Crippen LogP contribution in [0, 0.1) is 11.3 Å². The fourth-order valence-electron chi connectivity index (χ4n) is 4.74. The maximum atomic E-state index is 13.0. The van der Waals surface area contributed by atoms with Gasteiger partial charge in [-0.05, 0) is 51.3 Å². The van der Waals surface area contributed by atoms with E-state index in [4.69, 9.17) is 21.1 Å². The van der Waals surface area contributed by atoms with Crippen molar-refractivity contribution in [2.75, 3.05) is 24.5 Å². The molecule has 2 aromatic rings. The monoisotopic (exact) mass is 540 g/mol. The maximum Gasteiger partial charge on any atom is 0.410 e. The Morgan fingerprint density at radius 1 is 1.16 bits per heavy atom. The van der Waals surface area contributed by atoms with Gasteiger partial charge in [0.05, 0.1) is 30.8 Å². The zero-order valence-electron chi connectivity index (χ0n) is 22.2. The number of aromatic nitrogens is 2. The van der Waals surface area contributed by atoms with E-state index in [1.807, 2.05) is 58.0 Å². The van der Waals surface area contributed by atoms with Crippen molar-refractivity contribution < 1.29 is 19.1 Å². The van der Waals surface area contributed by atoms with Crippen LogP contribution < -0.4 is 4.90 Å². The third kappa shape index (κ3) is 6.45. The van der Waals surface area contributed by atoms with Crippen LogP contribution in [0.3, 0.4) is 0 Å². The van der Waals surface area contributed by atoms with Crippen molar-refractivity contribution in [2.24, 2.45) is 0 Å². The molecule has 0 unspecified atom stereocenters. The number of piperazine rings is 1. The van der Waals surface area contributed by atoms with Crippen molar-refractivity contribution in [2.45, 2.75) is 71.4 Å². The lowest BCUT2D eigenvalue weighted by Gasteiger charge is -2.45. The number of amides is 2. The van der Waals surface area contributed by atoms with E-state index in [2.05, 4.69) is 20.9 Å². The van der Waals surface area contributed by atoms with Gasteiger partial charge in [0.1, 0.15) is 18.0 Å². The molecule has 2 aliphatic heterocycles. The Morgan fingerprint density at radius 2 is 1.89 bits per heavy atom. The minimum Gasteiger partial charge on any atom is -0.445 e. The van der Waals surface area contributed by atoms with Crippen LogP contribution >= 0.6 is 11.6 Å². The predicted molar refractivity (Wildman–Crippen MR) is 142 cm³/mol. The van der Waals surface area contributed by atoms with Gasteiger partial charge < -0.3 is 24.2 Å². The van der Waals surface area contributed by atoms with Gasteiger partial charge in [0.2, 0.25) is 5.28 Å². The van der Waals surface area contributed by atoms with Crippen molar-refractivity contribution in [1.82, 2.24) is 19.8 Å². The van der Waals surface area contributed by atoms with Crippen LogP contribution in [0.5, 0.6) is 0 Å². The van der Waals surface area contributed by atoms with Gasteiger partial charge in [0.15, 0.2) is 0 Å². The van der Waals surface area contributed by atoms with Gasteiger partial charge in [0, 0.05) is 31.2 Å². The third-order valence-corrected chi connectivity index (χ3v) is 6.72. The molecule has 1 fully saturated rings. The first kappa shape index (κ1) is 27.5. The summed E-state index contributed by atoms with van der Waals surface area (Å²) in [6.07, 6.45) is -0.159. The number of ether oxygens (including phenoxy) is 2. The van der Waals surface area contributed by atoms with Gasteiger partial charge >= 0.3 is 12.2 Å². The summed E-state index contributed by atoms with van der Waals surface area (Å²) < 4.78 is 11.1. The lowest BCUT2D eigenvalue weighted by atomic mass is 10.0. The molecule has 0 radical (unpaired) electrons. The van der Waals surface area contributed by atoms with Crippen molar-refractivity contribution in [3.8, 4) is 6.07 Å². The Labute approximate surface area is 228 Å². The molecule has 4 rings (SSSR count). The van der Waals surface area contributed by atoms with Crippen LogP contribution in [0.15, 0.2) is 30.3 Å². The number of carbonyl (C=O) groups excluding carboxylic acids is 2. The molecule has 1 saturated heterocycles. The van der Waals surface area contributed by atoms with Gasteiger partial charge in [0.25, 0.3) is 0 Å². The molecule has 10 nitrogen and oxygen atoms in total. The molecule has 0 bridgehead atoms. The number of nitriles is 1. The van der Waals surface area contributed by atoms with Crippen molar-refractivity contribution in [3.05, 3.63) is 52.4 Å². The molecule has 0 aliphatic carbocycles. The van der Waals surface area contributed by atoms with Crippen LogP contribution in [-0.2, 0) is 29.0 Å². The number of rotatable bonds is 4. The number of nitrogens with zero attached hydrogens (tertiary/aromatic N) is 6. The standard InChI is InChI=1S/C27H33ClN6O4/c1-18-14-34(26(36)37-17-19-8-6-5-7-9-19)20(10-12-29)15-33(18)23-21-11-13-32(25(35)38-27(2,3)4)16-22(21)30-24(28)31-23/h5-9,18,20H,10-11,13-17H2,1-4H3/t18-,20+/m1/s1. The molecule has 2 aliphatic rings. The highest BCUT2D eigenvalue weighted by molar-refractivity contribution is 6.28. The highest BCUT2D eigenvalue weighted by Crippen LogP contribution is 2.32. The molecule has 0 spiro atoms. The van der Waals surface area contributed by atoms with E-state index >= 15 is 0 Å². The topological polar surface area (TPSA) is 112 Å². The first-order valence-corrected chi connectivity index (χ1v) is 13.1. The van der Waals surface area contributed by atoms with Crippen LogP contribution in [0.4, 0.5) is 15.4 Å². The number of hydrogen-bond donors (Lipinski definition) is 0. The number of hydrogen-bond acceptors (Lipinski definition) is 8. The maximum absolute atomic E-state index is 13.0. The smallest absolute Gasteiger partial charge is 0.410 e. The van der Waals surface area contributed by atoms with Gasteiger partial charge in [-0.1, -0.05) is 30.3 Å². The highest BCUT2D eigenvalue weighted by atomic mass is 35.5. The molecular formula is C27H33ClN6O4. The number of fused-ring (bicyclic) bond motifs is 1. The van der Waals surface area contributed by atoms with Crippen molar-refractivity contribution in [3.63, 3.8) is 0 Å². The molecule has 38 heavy (non-hydrogen) atoms. The van der Waals surface area contributed by atoms with Crippen LogP contribution in [0.1, 0.15) is 50.9 Å². The number of halogens is 1. The second kappa shape index (κ2) is 11.4. The summed E-state index contributed by atoms with van der Waals surface area (Å²) >= 11 is 6.34. The van der Waals surface area contributed by atoms with E-state index in [0.717, 1.165) is 11.1 Å². The molecule has 3 heterocycles. The molecule has 1 aromatic carbocycles. The molecule has 2 atom stereocenters. The summed E-state index contributed by atoms with van der Waals surface area (Å²) in [7, 11) is 0. The van der Waals surface area contributed by atoms with Gasteiger partial charge in [-0.2, -0.15) is 5.26 Å². The molecule has 1 aromatic heterocycles. The number of benzene rings is 1. The SMILES string of the molecule is C[C@@H]1CN(C(=O)OCc2ccccc2)[C@@H](CC#N)CN1c1nc(Cl)nc2c1CCN(C(=O)OC(C)(C)C)C2. The number of anilines is 1. The quantitative estimate of drug-likeness (QED) is 0.519. The minimum absolute atomic E-state index is 0.0820. The highest BCUT2D eigenvalue weighted by Gasteiger charge is 2.38. The zero-order chi connectivity index (χ0) is 27.4. The van der Waals surface area contributed by atoms with Gasteiger partial charge in [-0.25, -0.2) is 19.6 Å². The van der Waals surface area contributed by atoms with Crippen LogP contribution in [0.2, 0.25) is 5.28 Å². The molecule has 202 valence electrons. The molecule has 0 N–H and O–H groups in total. The lowest BCUT2D eigenvalue weighted by Crippen LogP contribution is -2.59. The summed E-state index contributed by atoms with van der Waals surface area (Å²) in [5.41, 5.74) is 1.88. The summed E-state index contributed by atoms with van der Waals surface area (Å²) in [5, 5.41) is 9.59. The first-order chi connectivity index (χ1) is 18.1. The largest absolute Gasteiger partial charge is 0.445 e. The summed E-state index contributed by atoms with van der Waals surface area (Å²) in [4.78, 5) is 40.0. The third-order valence-electron chi connectivity index (χ3n) is 6.55. The average molecular weight is 541 g/mol. The molecular weight excluding hydrogens is 508 g/mol. The Kier molecular flexibility index (Phi) is 8.26. The number of carbonyl (C=O) groups is 2. The molecule has 11 heteroatoms. The minimum atomic E-state index is -0.598. The van der Waals surface area contributed by atoms with E-state index in [-0.39, 0.29) is 36.9 Å². The second-order valence-electron chi connectivity index (χ2n) is 10.6. The Bertz CT molecular complexity index is 1210. The zero-order valence-corrected chi connectivity index (χ0v) is 22.9. The predicted octanol–water partition coefficient (Wildman–Crippen LogP) is 4.55.